The summed E-state index contributed by atoms with van der Waals surface area (Å²) >= 11 is 0. The standard InChI is InChI=1S/C9H19N3O3/c1-3-15-6-4-5-9(13)12(2)7-8(10)11-14/h14H,3-7H2,1-2H3,(H2,10,11). The van der Waals surface area contributed by atoms with Gasteiger partial charge >= 0.3 is 0 Å². The molecule has 0 aromatic carbocycles. The number of rotatable bonds is 7. The Bertz CT molecular complexity index is 219. The summed E-state index contributed by atoms with van der Waals surface area (Å²) in [5.74, 6) is -0.0167. The van der Waals surface area contributed by atoms with Crippen molar-refractivity contribution in [2.75, 3.05) is 26.8 Å². The van der Waals surface area contributed by atoms with Gasteiger partial charge in [0.1, 0.15) is 0 Å². The Morgan fingerprint density at radius 3 is 2.80 bits per heavy atom. The molecule has 15 heavy (non-hydrogen) atoms. The molecular weight excluding hydrogens is 198 g/mol. The van der Waals surface area contributed by atoms with Crippen LogP contribution in [-0.2, 0) is 9.53 Å². The molecule has 1 amide bonds. The Balaban J connectivity index is 3.70. The number of nitrogens with zero attached hydrogens (tertiary/aromatic N) is 2. The number of likely N-dealkylation sites (N-methyl/N-ethyl adjacent to an activating group) is 1. The van der Waals surface area contributed by atoms with E-state index in [0.29, 0.717) is 26.1 Å². The molecule has 3 N–H and O–H groups in total. The summed E-state index contributed by atoms with van der Waals surface area (Å²) in [4.78, 5) is 12.9. The predicted molar refractivity (Wildman–Crippen MR) is 56.8 cm³/mol. The van der Waals surface area contributed by atoms with Crippen LogP contribution in [-0.4, -0.2) is 48.7 Å². The molecule has 0 aromatic heterocycles. The summed E-state index contributed by atoms with van der Waals surface area (Å²) in [7, 11) is 1.61. The van der Waals surface area contributed by atoms with Crippen molar-refractivity contribution >= 4 is 11.7 Å². The van der Waals surface area contributed by atoms with E-state index < -0.39 is 0 Å². The van der Waals surface area contributed by atoms with Crippen LogP contribution in [0.4, 0.5) is 0 Å². The SMILES string of the molecule is CCOCCCC(=O)N(C)CC(N)=NO. The number of nitrogens with two attached hydrogens (primary N) is 1. The van der Waals surface area contributed by atoms with E-state index >= 15 is 0 Å². The molecule has 0 aromatic rings. The second-order valence-corrected chi connectivity index (χ2v) is 3.14. The topological polar surface area (TPSA) is 88.2 Å². The first-order valence-corrected chi connectivity index (χ1v) is 4.90. The zero-order valence-electron chi connectivity index (χ0n) is 9.27. The highest BCUT2D eigenvalue weighted by Gasteiger charge is 2.09. The molecule has 0 aliphatic heterocycles. The first-order chi connectivity index (χ1) is 7.11. The lowest BCUT2D eigenvalue weighted by atomic mass is 10.3. The van der Waals surface area contributed by atoms with Gasteiger partial charge in [0, 0.05) is 26.7 Å². The minimum Gasteiger partial charge on any atom is -0.409 e. The third-order valence-corrected chi connectivity index (χ3v) is 1.84. The average molecular weight is 217 g/mol. The smallest absolute Gasteiger partial charge is 0.222 e. The first-order valence-electron chi connectivity index (χ1n) is 4.90. The highest BCUT2D eigenvalue weighted by molar-refractivity contribution is 5.86. The highest BCUT2D eigenvalue weighted by atomic mass is 16.5. The molecule has 0 bridgehead atoms. The summed E-state index contributed by atoms with van der Waals surface area (Å²) in [6.45, 7) is 3.30. The van der Waals surface area contributed by atoms with E-state index in [2.05, 4.69) is 5.16 Å². The molecule has 0 unspecified atom stereocenters. The van der Waals surface area contributed by atoms with Crippen LogP contribution in [0.3, 0.4) is 0 Å². The summed E-state index contributed by atoms with van der Waals surface area (Å²) in [6.07, 6.45) is 1.10. The second kappa shape index (κ2) is 8.05. The fraction of sp³-hybridized carbons (Fsp3) is 0.778. The Morgan fingerprint density at radius 1 is 1.60 bits per heavy atom. The van der Waals surface area contributed by atoms with Crippen molar-refractivity contribution in [1.29, 1.82) is 0 Å². The average Bonchev–Trinajstić information content (AvgIpc) is 2.23. The third kappa shape index (κ3) is 6.73. The molecule has 0 saturated heterocycles. The van der Waals surface area contributed by atoms with E-state index in [1.54, 1.807) is 7.05 Å². The molecule has 0 rings (SSSR count). The number of carbonyl (C=O) groups excluding carboxylic acids is 1. The van der Waals surface area contributed by atoms with E-state index in [9.17, 15) is 4.79 Å². The number of amidine groups is 1. The zero-order valence-corrected chi connectivity index (χ0v) is 9.27. The van der Waals surface area contributed by atoms with Gasteiger partial charge in [-0.25, -0.2) is 0 Å². The lowest BCUT2D eigenvalue weighted by Crippen LogP contribution is -2.35. The Hall–Kier alpha value is -1.30. The van der Waals surface area contributed by atoms with Crippen molar-refractivity contribution in [3.8, 4) is 0 Å². The summed E-state index contributed by atoms with van der Waals surface area (Å²) < 4.78 is 5.11. The molecule has 0 atom stereocenters. The predicted octanol–water partition coefficient (Wildman–Crippen LogP) is 0.00790. The molecule has 6 heteroatoms. The Morgan fingerprint density at radius 2 is 2.27 bits per heavy atom. The van der Waals surface area contributed by atoms with Crippen molar-refractivity contribution in [3.05, 3.63) is 0 Å². The number of ether oxygens (including phenoxy) is 1. The van der Waals surface area contributed by atoms with Gasteiger partial charge in [0.2, 0.25) is 5.91 Å². The maximum Gasteiger partial charge on any atom is 0.222 e. The molecule has 0 radical (unpaired) electrons. The quantitative estimate of drug-likeness (QED) is 0.207. The van der Waals surface area contributed by atoms with Crippen molar-refractivity contribution < 1.29 is 14.7 Å². The van der Waals surface area contributed by atoms with E-state index in [1.165, 1.54) is 4.90 Å². The normalized spacial score (nSPS) is 11.5. The number of hydrogen-bond acceptors (Lipinski definition) is 4. The van der Waals surface area contributed by atoms with Crippen molar-refractivity contribution in [2.24, 2.45) is 10.9 Å². The minimum absolute atomic E-state index is 0.0238. The fourth-order valence-electron chi connectivity index (χ4n) is 1.02. The molecule has 0 aliphatic carbocycles. The lowest BCUT2D eigenvalue weighted by Gasteiger charge is -2.15. The van der Waals surface area contributed by atoms with Crippen LogP contribution in [0.2, 0.25) is 0 Å². The number of amides is 1. The largest absolute Gasteiger partial charge is 0.409 e. The van der Waals surface area contributed by atoms with Crippen LogP contribution < -0.4 is 5.73 Å². The van der Waals surface area contributed by atoms with Crippen LogP contribution in [0, 0.1) is 0 Å². The van der Waals surface area contributed by atoms with Gasteiger partial charge in [-0.2, -0.15) is 0 Å². The van der Waals surface area contributed by atoms with Crippen LogP contribution in [0.15, 0.2) is 5.16 Å². The van der Waals surface area contributed by atoms with Crippen LogP contribution >= 0.6 is 0 Å². The molecule has 0 spiro atoms. The first kappa shape index (κ1) is 13.7. The van der Waals surface area contributed by atoms with Gasteiger partial charge in [-0.3, -0.25) is 4.79 Å². The number of oxime groups is 1. The Kier molecular flexibility index (Phi) is 7.35. The summed E-state index contributed by atoms with van der Waals surface area (Å²) in [5, 5.41) is 11.1. The van der Waals surface area contributed by atoms with Crippen LogP contribution in [0.25, 0.3) is 0 Å². The number of carbonyl (C=O) groups is 1. The monoisotopic (exact) mass is 217 g/mol. The highest BCUT2D eigenvalue weighted by Crippen LogP contribution is 1.96. The van der Waals surface area contributed by atoms with E-state index in [-0.39, 0.29) is 18.3 Å². The summed E-state index contributed by atoms with van der Waals surface area (Å²) in [5.41, 5.74) is 5.27. The third-order valence-electron chi connectivity index (χ3n) is 1.84. The van der Waals surface area contributed by atoms with Gasteiger partial charge in [-0.1, -0.05) is 5.16 Å². The van der Waals surface area contributed by atoms with Gasteiger partial charge in [0.25, 0.3) is 0 Å². The maximum absolute atomic E-state index is 11.4. The van der Waals surface area contributed by atoms with Crippen LogP contribution in [0.1, 0.15) is 19.8 Å². The molecule has 0 heterocycles. The maximum atomic E-state index is 11.4. The van der Waals surface area contributed by atoms with Crippen LogP contribution in [0.5, 0.6) is 0 Å². The minimum atomic E-state index is -0.0405. The molecule has 0 fully saturated rings. The number of hydrogen-bond donors (Lipinski definition) is 2. The van der Waals surface area contributed by atoms with E-state index in [0.717, 1.165) is 0 Å². The van der Waals surface area contributed by atoms with Gasteiger partial charge in [0.05, 0.1) is 6.54 Å². The fourth-order valence-corrected chi connectivity index (χ4v) is 1.02. The lowest BCUT2D eigenvalue weighted by molar-refractivity contribution is -0.129. The van der Waals surface area contributed by atoms with Crippen molar-refractivity contribution in [3.63, 3.8) is 0 Å². The Labute approximate surface area is 89.7 Å². The van der Waals surface area contributed by atoms with Gasteiger partial charge < -0.3 is 20.6 Å². The molecular formula is C9H19N3O3. The molecule has 0 saturated carbocycles. The zero-order chi connectivity index (χ0) is 11.7. The van der Waals surface area contributed by atoms with Gasteiger partial charge in [0.15, 0.2) is 5.84 Å². The van der Waals surface area contributed by atoms with Crippen molar-refractivity contribution in [2.45, 2.75) is 19.8 Å². The second-order valence-electron chi connectivity index (χ2n) is 3.14. The summed E-state index contributed by atoms with van der Waals surface area (Å²) in [6, 6.07) is 0. The van der Waals surface area contributed by atoms with E-state index in [1.807, 2.05) is 6.92 Å². The van der Waals surface area contributed by atoms with Gasteiger partial charge in [-0.05, 0) is 13.3 Å². The van der Waals surface area contributed by atoms with Gasteiger partial charge in [-0.15, -0.1) is 0 Å². The van der Waals surface area contributed by atoms with Crippen molar-refractivity contribution in [1.82, 2.24) is 4.90 Å². The van der Waals surface area contributed by atoms with E-state index in [4.69, 9.17) is 15.7 Å². The molecule has 6 nitrogen and oxygen atoms in total. The molecule has 88 valence electrons. The molecule has 0 aliphatic rings.